The third kappa shape index (κ3) is 0.453. The zero-order valence-electron chi connectivity index (χ0n) is 8.04. The Labute approximate surface area is 73.5 Å². The molecule has 2 unspecified atom stereocenters. The summed E-state index contributed by atoms with van der Waals surface area (Å²) in [6.45, 7) is 7.22. The molecule has 0 saturated heterocycles. The van der Waals surface area contributed by atoms with Crippen molar-refractivity contribution in [2.75, 3.05) is 0 Å². The molecule has 0 spiro atoms. The van der Waals surface area contributed by atoms with Crippen molar-refractivity contribution in [3.8, 4) is 0 Å². The summed E-state index contributed by atoms with van der Waals surface area (Å²) in [4.78, 5) is 0. The lowest BCUT2D eigenvalue weighted by molar-refractivity contribution is 0.139. The van der Waals surface area contributed by atoms with Gasteiger partial charge in [0.1, 0.15) is 0 Å². The molecule has 0 aromatic carbocycles. The van der Waals surface area contributed by atoms with Crippen molar-refractivity contribution in [3.63, 3.8) is 0 Å². The molecule has 0 radical (unpaired) electrons. The summed E-state index contributed by atoms with van der Waals surface area (Å²) in [5.41, 5.74) is 0.878. The molecule has 3 rings (SSSR count). The standard InChI is InChI=1S/C10H16N2/c1-9(2)6-4-7-10(9,3)8(5-6)12-11-7/h6-8H,4-5H2,1-3H3/t6?,7-,8+,10?. The van der Waals surface area contributed by atoms with Gasteiger partial charge in [-0.05, 0) is 24.2 Å². The lowest BCUT2D eigenvalue weighted by atomic mass is 9.68. The SMILES string of the molecule is CC1(C)C2C[C@@H]3N=N[C@H](C2)C31C. The summed E-state index contributed by atoms with van der Waals surface area (Å²) in [5, 5.41) is 8.83. The second-order valence-corrected chi connectivity index (χ2v) is 5.44. The first-order chi connectivity index (χ1) is 5.57. The van der Waals surface area contributed by atoms with Gasteiger partial charge in [0, 0.05) is 5.41 Å². The Morgan fingerprint density at radius 2 is 1.50 bits per heavy atom. The summed E-state index contributed by atoms with van der Waals surface area (Å²) in [5.74, 6) is 0.882. The van der Waals surface area contributed by atoms with E-state index in [9.17, 15) is 0 Å². The molecule has 4 atom stereocenters. The maximum absolute atomic E-state index is 4.41. The first-order valence-corrected chi connectivity index (χ1v) is 4.97. The molecule has 2 nitrogen and oxygen atoms in total. The van der Waals surface area contributed by atoms with Gasteiger partial charge >= 0.3 is 0 Å². The van der Waals surface area contributed by atoms with Crippen molar-refractivity contribution in [1.29, 1.82) is 0 Å². The Hall–Kier alpha value is -0.400. The highest BCUT2D eigenvalue weighted by atomic mass is 15.2. The minimum atomic E-state index is 0.400. The summed E-state index contributed by atoms with van der Waals surface area (Å²) in [6, 6.07) is 1.10. The van der Waals surface area contributed by atoms with E-state index in [0.29, 0.717) is 22.9 Å². The summed E-state index contributed by atoms with van der Waals surface area (Å²) in [6.07, 6.45) is 2.59. The van der Waals surface area contributed by atoms with Crippen molar-refractivity contribution < 1.29 is 0 Å². The van der Waals surface area contributed by atoms with Gasteiger partial charge in [-0.25, -0.2) is 0 Å². The van der Waals surface area contributed by atoms with Crippen molar-refractivity contribution in [2.45, 2.75) is 45.7 Å². The van der Waals surface area contributed by atoms with Crippen LogP contribution < -0.4 is 0 Å². The van der Waals surface area contributed by atoms with Gasteiger partial charge in [0.25, 0.3) is 0 Å². The fourth-order valence-corrected chi connectivity index (χ4v) is 3.73. The zero-order valence-corrected chi connectivity index (χ0v) is 8.04. The van der Waals surface area contributed by atoms with Crippen LogP contribution in [0.4, 0.5) is 0 Å². The Morgan fingerprint density at radius 3 is 1.83 bits per heavy atom. The third-order valence-electron chi connectivity index (χ3n) is 5.15. The van der Waals surface area contributed by atoms with Gasteiger partial charge in [-0.15, -0.1) is 0 Å². The highest BCUT2D eigenvalue weighted by molar-refractivity contribution is 5.21. The van der Waals surface area contributed by atoms with Crippen LogP contribution in [0.5, 0.6) is 0 Å². The van der Waals surface area contributed by atoms with Crippen LogP contribution in [0.2, 0.25) is 0 Å². The van der Waals surface area contributed by atoms with Crippen LogP contribution in [0.3, 0.4) is 0 Å². The number of azo groups is 1. The predicted octanol–water partition coefficient (Wildman–Crippen LogP) is 2.65. The summed E-state index contributed by atoms with van der Waals surface area (Å²) < 4.78 is 0. The molecule has 66 valence electrons. The van der Waals surface area contributed by atoms with E-state index in [1.165, 1.54) is 12.8 Å². The van der Waals surface area contributed by atoms with Gasteiger partial charge < -0.3 is 0 Å². The van der Waals surface area contributed by atoms with Gasteiger partial charge in [-0.2, -0.15) is 10.2 Å². The zero-order chi connectivity index (χ0) is 8.56. The van der Waals surface area contributed by atoms with Crippen molar-refractivity contribution in [2.24, 2.45) is 27.0 Å². The molecule has 0 N–H and O–H groups in total. The molecular weight excluding hydrogens is 148 g/mol. The monoisotopic (exact) mass is 164 g/mol. The van der Waals surface area contributed by atoms with E-state index in [0.717, 1.165) is 5.92 Å². The lowest BCUT2D eigenvalue weighted by Gasteiger charge is -2.35. The van der Waals surface area contributed by atoms with Crippen LogP contribution in [0.15, 0.2) is 10.2 Å². The van der Waals surface area contributed by atoms with E-state index in [1.54, 1.807) is 0 Å². The van der Waals surface area contributed by atoms with Crippen LogP contribution >= 0.6 is 0 Å². The molecular formula is C10H16N2. The van der Waals surface area contributed by atoms with Gasteiger partial charge in [0.15, 0.2) is 0 Å². The molecule has 2 fully saturated rings. The highest BCUT2D eigenvalue weighted by Crippen LogP contribution is 2.69. The second kappa shape index (κ2) is 1.61. The third-order valence-corrected chi connectivity index (χ3v) is 5.15. The first kappa shape index (κ1) is 7.05. The normalized spacial score (nSPS) is 58.4. The fourth-order valence-electron chi connectivity index (χ4n) is 3.73. The molecule has 2 saturated carbocycles. The molecule has 3 aliphatic rings. The van der Waals surface area contributed by atoms with E-state index in [-0.39, 0.29) is 0 Å². The predicted molar refractivity (Wildman–Crippen MR) is 47.0 cm³/mol. The van der Waals surface area contributed by atoms with Crippen molar-refractivity contribution >= 4 is 0 Å². The van der Waals surface area contributed by atoms with Crippen LogP contribution in [0.25, 0.3) is 0 Å². The molecule has 2 bridgehead atoms. The van der Waals surface area contributed by atoms with E-state index < -0.39 is 0 Å². The molecule has 0 aromatic heterocycles. The number of hydrogen-bond donors (Lipinski definition) is 0. The van der Waals surface area contributed by atoms with Gasteiger partial charge in [-0.1, -0.05) is 20.8 Å². The van der Waals surface area contributed by atoms with Crippen LogP contribution in [0, 0.1) is 16.7 Å². The molecule has 0 aromatic rings. The van der Waals surface area contributed by atoms with E-state index in [2.05, 4.69) is 31.0 Å². The fraction of sp³-hybridized carbons (Fsp3) is 1.00. The van der Waals surface area contributed by atoms with Gasteiger partial charge in [0.2, 0.25) is 0 Å². The number of nitrogens with zero attached hydrogens (tertiary/aromatic N) is 2. The Bertz CT molecular complexity index is 251. The Kier molecular flexibility index (Phi) is 0.948. The first-order valence-electron chi connectivity index (χ1n) is 4.97. The second-order valence-electron chi connectivity index (χ2n) is 5.44. The summed E-state index contributed by atoms with van der Waals surface area (Å²) >= 11 is 0. The maximum Gasteiger partial charge on any atom is 0.0791 e. The molecule has 1 heterocycles. The molecule has 1 aliphatic heterocycles. The Balaban J connectivity index is 2.18. The number of fused-ring (bicyclic) bond motifs is 1. The number of rotatable bonds is 0. The van der Waals surface area contributed by atoms with Crippen LogP contribution in [-0.2, 0) is 0 Å². The number of hydrogen-bond acceptors (Lipinski definition) is 2. The van der Waals surface area contributed by atoms with Crippen molar-refractivity contribution in [1.82, 2.24) is 0 Å². The average molecular weight is 164 g/mol. The molecule has 0 amide bonds. The van der Waals surface area contributed by atoms with Gasteiger partial charge in [0.05, 0.1) is 12.1 Å². The largest absolute Gasteiger partial charge is 0.190 e. The van der Waals surface area contributed by atoms with Crippen molar-refractivity contribution in [3.05, 3.63) is 0 Å². The Morgan fingerprint density at radius 1 is 1.00 bits per heavy atom. The van der Waals surface area contributed by atoms with Crippen LogP contribution in [-0.4, -0.2) is 12.1 Å². The van der Waals surface area contributed by atoms with Gasteiger partial charge in [-0.3, -0.25) is 0 Å². The lowest BCUT2D eigenvalue weighted by Crippen LogP contribution is -2.38. The highest BCUT2D eigenvalue weighted by Gasteiger charge is 2.69. The quantitative estimate of drug-likeness (QED) is 0.526. The average Bonchev–Trinajstić information content (AvgIpc) is 2.42. The molecule has 12 heavy (non-hydrogen) atoms. The minimum Gasteiger partial charge on any atom is -0.190 e. The maximum atomic E-state index is 4.41. The minimum absolute atomic E-state index is 0.400. The van der Waals surface area contributed by atoms with E-state index >= 15 is 0 Å². The topological polar surface area (TPSA) is 24.7 Å². The van der Waals surface area contributed by atoms with E-state index in [4.69, 9.17) is 0 Å². The molecule has 2 aliphatic carbocycles. The van der Waals surface area contributed by atoms with E-state index in [1.807, 2.05) is 0 Å². The smallest absolute Gasteiger partial charge is 0.0791 e. The summed E-state index contributed by atoms with van der Waals surface area (Å²) in [7, 11) is 0. The van der Waals surface area contributed by atoms with Crippen LogP contribution in [0.1, 0.15) is 33.6 Å². The molecule has 2 heteroatoms.